The normalized spacial score (nSPS) is 19.7. The molecule has 2 N–H and O–H groups in total. The molecule has 2 aromatic heterocycles. The Balaban J connectivity index is 1.85. The van der Waals surface area contributed by atoms with Gasteiger partial charge in [-0.15, -0.1) is 0 Å². The van der Waals surface area contributed by atoms with E-state index in [2.05, 4.69) is 26.4 Å². The summed E-state index contributed by atoms with van der Waals surface area (Å²) in [5.41, 5.74) is 7.76. The maximum Gasteiger partial charge on any atom is 0.135 e. The number of fused-ring (bicyclic) bond motifs is 1. The highest BCUT2D eigenvalue weighted by molar-refractivity contribution is 7.07. The van der Waals surface area contributed by atoms with Gasteiger partial charge in [0.15, 0.2) is 0 Å². The summed E-state index contributed by atoms with van der Waals surface area (Å²) in [4.78, 5) is 4.40. The molecule has 3 rings (SSSR count). The zero-order valence-electron chi connectivity index (χ0n) is 8.80. The largest absolute Gasteiger partial charge is 0.364 e. The molecule has 0 aliphatic carbocycles. The maximum atomic E-state index is 5.79. The van der Waals surface area contributed by atoms with E-state index >= 15 is 0 Å². The topological polar surface area (TPSA) is 53.1 Å². The quantitative estimate of drug-likeness (QED) is 0.861. The van der Waals surface area contributed by atoms with Crippen molar-refractivity contribution in [2.75, 3.05) is 0 Å². The Hall–Kier alpha value is -1.17. The lowest BCUT2D eigenvalue weighted by atomic mass is 10.2. The van der Waals surface area contributed by atoms with Gasteiger partial charge in [-0.1, -0.05) is 0 Å². The molecule has 4 nitrogen and oxygen atoms in total. The van der Waals surface area contributed by atoms with E-state index in [1.165, 1.54) is 5.56 Å². The summed E-state index contributed by atoms with van der Waals surface area (Å²) in [6, 6.07) is 2.11. The van der Waals surface area contributed by atoms with Gasteiger partial charge in [0.2, 0.25) is 0 Å². The maximum absolute atomic E-state index is 5.79. The van der Waals surface area contributed by atoms with Crippen LogP contribution in [-0.2, 0) is 24.4 Å². The van der Waals surface area contributed by atoms with Crippen molar-refractivity contribution in [1.82, 2.24) is 9.55 Å². The molecule has 1 atom stereocenters. The number of imidazole rings is 1. The van der Waals surface area contributed by atoms with E-state index < -0.39 is 0 Å². The van der Waals surface area contributed by atoms with Gasteiger partial charge < -0.3 is 15.0 Å². The minimum absolute atomic E-state index is 0.151. The number of thiophene rings is 1. The third-order valence-electron chi connectivity index (χ3n) is 2.81. The first-order valence-corrected chi connectivity index (χ1v) is 6.20. The fourth-order valence-electron chi connectivity index (χ4n) is 1.95. The van der Waals surface area contributed by atoms with Crippen LogP contribution < -0.4 is 5.73 Å². The Bertz CT molecular complexity index is 477. The summed E-state index contributed by atoms with van der Waals surface area (Å²) in [5, 5.41) is 4.21. The zero-order valence-corrected chi connectivity index (χ0v) is 9.61. The van der Waals surface area contributed by atoms with Crippen LogP contribution in [0.5, 0.6) is 0 Å². The lowest BCUT2D eigenvalue weighted by molar-refractivity contribution is 0.000734. The van der Waals surface area contributed by atoms with Crippen LogP contribution in [0.2, 0.25) is 0 Å². The molecule has 1 aliphatic rings. The van der Waals surface area contributed by atoms with Crippen LogP contribution in [0.25, 0.3) is 0 Å². The third kappa shape index (κ3) is 1.67. The van der Waals surface area contributed by atoms with E-state index in [1.807, 2.05) is 6.20 Å². The molecule has 0 fully saturated rings. The molecule has 1 aliphatic heterocycles. The van der Waals surface area contributed by atoms with Gasteiger partial charge in [-0.3, -0.25) is 0 Å². The second-order valence-corrected chi connectivity index (χ2v) is 4.64. The predicted molar refractivity (Wildman–Crippen MR) is 62.0 cm³/mol. The van der Waals surface area contributed by atoms with Gasteiger partial charge in [-0.05, 0) is 22.4 Å². The third-order valence-corrected chi connectivity index (χ3v) is 3.51. The fourth-order valence-corrected chi connectivity index (χ4v) is 2.65. The fraction of sp³-hybridized carbons (Fsp3) is 0.364. The first-order chi connectivity index (χ1) is 7.86. The van der Waals surface area contributed by atoms with Crippen LogP contribution >= 0.6 is 11.3 Å². The number of nitrogens with zero attached hydrogens (tertiary/aromatic N) is 2. The smallest absolute Gasteiger partial charge is 0.135 e. The SMILES string of the molecule is NCc1cn2c(n1)COC(c1ccsc1)C2. The van der Waals surface area contributed by atoms with Gasteiger partial charge in [-0.2, -0.15) is 11.3 Å². The van der Waals surface area contributed by atoms with E-state index in [0.29, 0.717) is 13.2 Å². The van der Waals surface area contributed by atoms with E-state index in [4.69, 9.17) is 10.5 Å². The molecule has 2 aromatic rings. The lowest BCUT2D eigenvalue weighted by Crippen LogP contribution is -2.20. The van der Waals surface area contributed by atoms with Crippen LogP contribution in [0.4, 0.5) is 0 Å². The van der Waals surface area contributed by atoms with Crippen LogP contribution in [0.1, 0.15) is 23.2 Å². The number of hydrogen-bond donors (Lipinski definition) is 1. The van der Waals surface area contributed by atoms with Crippen LogP contribution in [0.15, 0.2) is 23.0 Å². The van der Waals surface area contributed by atoms with E-state index in [0.717, 1.165) is 18.1 Å². The van der Waals surface area contributed by atoms with Crippen molar-refractivity contribution >= 4 is 11.3 Å². The summed E-state index contributed by atoms with van der Waals surface area (Å²) in [6.45, 7) is 1.89. The van der Waals surface area contributed by atoms with Crippen molar-refractivity contribution in [3.8, 4) is 0 Å². The van der Waals surface area contributed by atoms with E-state index in [9.17, 15) is 0 Å². The summed E-state index contributed by atoms with van der Waals surface area (Å²) < 4.78 is 7.94. The van der Waals surface area contributed by atoms with Crippen molar-refractivity contribution in [1.29, 1.82) is 0 Å². The zero-order chi connectivity index (χ0) is 11.0. The van der Waals surface area contributed by atoms with Crippen molar-refractivity contribution in [3.05, 3.63) is 40.1 Å². The van der Waals surface area contributed by atoms with Gasteiger partial charge in [0.25, 0.3) is 0 Å². The average molecular weight is 235 g/mol. The first kappa shape index (κ1) is 10.0. The molecule has 0 amide bonds. The molecule has 84 valence electrons. The first-order valence-electron chi connectivity index (χ1n) is 5.25. The van der Waals surface area contributed by atoms with Gasteiger partial charge in [0.05, 0.1) is 12.2 Å². The van der Waals surface area contributed by atoms with Crippen LogP contribution in [-0.4, -0.2) is 9.55 Å². The lowest BCUT2D eigenvalue weighted by Gasteiger charge is -2.23. The second-order valence-electron chi connectivity index (χ2n) is 3.86. The molecule has 0 saturated heterocycles. The molecule has 16 heavy (non-hydrogen) atoms. The van der Waals surface area contributed by atoms with Gasteiger partial charge in [-0.25, -0.2) is 4.98 Å². The average Bonchev–Trinajstić information content (AvgIpc) is 2.96. The molecule has 5 heteroatoms. The number of nitrogens with two attached hydrogens (primary N) is 1. The molecule has 0 radical (unpaired) electrons. The molecule has 0 bridgehead atoms. The van der Waals surface area contributed by atoms with E-state index in [-0.39, 0.29) is 6.10 Å². The van der Waals surface area contributed by atoms with Gasteiger partial charge >= 0.3 is 0 Å². The summed E-state index contributed by atoms with van der Waals surface area (Å²) in [6.07, 6.45) is 2.18. The Morgan fingerprint density at radius 1 is 1.62 bits per heavy atom. The van der Waals surface area contributed by atoms with Crippen LogP contribution in [0.3, 0.4) is 0 Å². The Morgan fingerprint density at radius 3 is 3.31 bits per heavy atom. The Kier molecular flexibility index (Phi) is 2.51. The van der Waals surface area contributed by atoms with Crippen LogP contribution in [0, 0.1) is 0 Å². The number of aromatic nitrogens is 2. The Morgan fingerprint density at radius 2 is 2.56 bits per heavy atom. The molecule has 0 aromatic carbocycles. The minimum Gasteiger partial charge on any atom is -0.364 e. The highest BCUT2D eigenvalue weighted by Gasteiger charge is 2.22. The number of ether oxygens (including phenoxy) is 1. The molecular weight excluding hydrogens is 222 g/mol. The summed E-state index contributed by atoms with van der Waals surface area (Å²) in [5.74, 6) is 0.979. The monoisotopic (exact) mass is 235 g/mol. The van der Waals surface area contributed by atoms with Crippen molar-refractivity contribution in [2.45, 2.75) is 25.8 Å². The molecule has 3 heterocycles. The molecular formula is C11H13N3OS. The van der Waals surface area contributed by atoms with Gasteiger partial charge in [0, 0.05) is 12.7 Å². The number of hydrogen-bond acceptors (Lipinski definition) is 4. The second kappa shape index (κ2) is 4.01. The molecule has 0 saturated carbocycles. The highest BCUT2D eigenvalue weighted by Crippen LogP contribution is 2.27. The van der Waals surface area contributed by atoms with Gasteiger partial charge in [0.1, 0.15) is 18.5 Å². The highest BCUT2D eigenvalue weighted by atomic mass is 32.1. The van der Waals surface area contributed by atoms with Crippen molar-refractivity contribution in [2.24, 2.45) is 5.73 Å². The van der Waals surface area contributed by atoms with Crippen molar-refractivity contribution < 1.29 is 4.74 Å². The Labute approximate surface area is 97.7 Å². The molecule has 1 unspecified atom stereocenters. The minimum atomic E-state index is 0.151. The van der Waals surface area contributed by atoms with Crippen molar-refractivity contribution in [3.63, 3.8) is 0 Å². The molecule has 0 spiro atoms. The van der Waals surface area contributed by atoms with E-state index in [1.54, 1.807) is 11.3 Å². The predicted octanol–water partition coefficient (Wildman–Crippen LogP) is 1.67. The standard InChI is InChI=1S/C11H13N3OS/c12-3-9-4-14-5-10(8-1-2-16-7-8)15-6-11(14)13-9/h1-2,4,7,10H,3,5-6,12H2. The summed E-state index contributed by atoms with van der Waals surface area (Å²) in [7, 11) is 0. The summed E-state index contributed by atoms with van der Waals surface area (Å²) >= 11 is 1.70. The number of rotatable bonds is 2.